The SMILES string of the molecule is CCCCCC(C)=CCCC(CCCCCCC(=O)OCC)C(N)=O. The molecule has 0 spiro atoms. The molecule has 0 rings (SSSR count). The molecule has 146 valence electrons. The summed E-state index contributed by atoms with van der Waals surface area (Å²) >= 11 is 0. The second-order valence-corrected chi connectivity index (χ2v) is 6.94. The number of rotatable bonds is 16. The van der Waals surface area contributed by atoms with Gasteiger partial charge in [0.1, 0.15) is 0 Å². The van der Waals surface area contributed by atoms with Crippen molar-refractivity contribution in [1.82, 2.24) is 0 Å². The summed E-state index contributed by atoms with van der Waals surface area (Å²) < 4.78 is 4.91. The van der Waals surface area contributed by atoms with Gasteiger partial charge in [-0.25, -0.2) is 0 Å². The molecule has 0 radical (unpaired) electrons. The minimum atomic E-state index is -0.177. The molecule has 0 aliphatic heterocycles. The predicted octanol–water partition coefficient (Wildman–Crippen LogP) is 5.30. The van der Waals surface area contributed by atoms with Crippen LogP contribution < -0.4 is 5.73 Å². The zero-order valence-corrected chi connectivity index (χ0v) is 16.6. The maximum atomic E-state index is 11.6. The Bertz CT molecular complexity index is 391. The number of unbranched alkanes of at least 4 members (excludes halogenated alkanes) is 5. The number of amides is 1. The summed E-state index contributed by atoms with van der Waals surface area (Å²) in [5.74, 6) is -0.313. The number of esters is 1. The lowest BCUT2D eigenvalue weighted by atomic mass is 9.94. The summed E-state index contributed by atoms with van der Waals surface area (Å²) in [6.45, 7) is 6.67. The van der Waals surface area contributed by atoms with Crippen LogP contribution in [0.2, 0.25) is 0 Å². The molecule has 1 atom stereocenters. The first kappa shape index (κ1) is 23.7. The molecule has 4 heteroatoms. The average molecular weight is 354 g/mol. The van der Waals surface area contributed by atoms with Gasteiger partial charge in [-0.3, -0.25) is 9.59 Å². The Hall–Kier alpha value is -1.32. The van der Waals surface area contributed by atoms with Crippen molar-refractivity contribution in [3.8, 4) is 0 Å². The highest BCUT2D eigenvalue weighted by Crippen LogP contribution is 2.18. The molecule has 0 aromatic rings. The number of carbonyl (C=O) groups is 2. The first-order chi connectivity index (χ1) is 12.0. The van der Waals surface area contributed by atoms with Gasteiger partial charge in [-0.1, -0.05) is 50.7 Å². The topological polar surface area (TPSA) is 69.4 Å². The molecule has 0 saturated heterocycles. The highest BCUT2D eigenvalue weighted by Gasteiger charge is 2.14. The molecular formula is C21H39NO3. The van der Waals surface area contributed by atoms with Gasteiger partial charge in [0, 0.05) is 12.3 Å². The summed E-state index contributed by atoms with van der Waals surface area (Å²) in [4.78, 5) is 22.8. The molecule has 0 aliphatic rings. The lowest BCUT2D eigenvalue weighted by molar-refractivity contribution is -0.143. The summed E-state index contributed by atoms with van der Waals surface area (Å²) in [7, 11) is 0. The summed E-state index contributed by atoms with van der Waals surface area (Å²) in [6, 6.07) is 0. The molecule has 2 N–H and O–H groups in total. The summed E-state index contributed by atoms with van der Waals surface area (Å²) in [5.41, 5.74) is 6.97. The highest BCUT2D eigenvalue weighted by molar-refractivity contribution is 5.76. The van der Waals surface area contributed by atoms with Gasteiger partial charge in [0.2, 0.25) is 5.91 Å². The van der Waals surface area contributed by atoms with Crippen molar-refractivity contribution < 1.29 is 14.3 Å². The largest absolute Gasteiger partial charge is 0.466 e. The summed E-state index contributed by atoms with van der Waals surface area (Å²) in [6.07, 6.45) is 14.3. The van der Waals surface area contributed by atoms with Gasteiger partial charge in [-0.2, -0.15) is 0 Å². The van der Waals surface area contributed by atoms with E-state index in [2.05, 4.69) is 19.9 Å². The molecule has 0 aliphatic carbocycles. The van der Waals surface area contributed by atoms with Crippen molar-refractivity contribution in [2.75, 3.05) is 6.61 Å². The Morgan fingerprint density at radius 2 is 1.64 bits per heavy atom. The standard InChI is InChI=1S/C21H39NO3/c1-4-6-9-13-18(3)14-12-16-19(21(22)24)15-10-7-8-11-17-20(23)25-5-2/h14,19H,4-13,15-17H2,1-3H3,(H2,22,24). The van der Waals surface area contributed by atoms with Gasteiger partial charge in [0.05, 0.1) is 6.61 Å². The van der Waals surface area contributed by atoms with E-state index >= 15 is 0 Å². The third-order valence-corrected chi connectivity index (χ3v) is 4.57. The third-order valence-electron chi connectivity index (χ3n) is 4.57. The zero-order chi connectivity index (χ0) is 18.9. The molecule has 1 amide bonds. The minimum Gasteiger partial charge on any atom is -0.466 e. The Balaban J connectivity index is 3.86. The van der Waals surface area contributed by atoms with E-state index in [0.29, 0.717) is 13.0 Å². The molecule has 0 aromatic heterocycles. The van der Waals surface area contributed by atoms with E-state index in [1.54, 1.807) is 0 Å². The van der Waals surface area contributed by atoms with Crippen LogP contribution in [0.25, 0.3) is 0 Å². The Kier molecular flexibility index (Phi) is 15.3. The van der Waals surface area contributed by atoms with Crippen LogP contribution in [0.1, 0.15) is 97.8 Å². The Labute approximate surface area is 154 Å². The van der Waals surface area contributed by atoms with E-state index in [4.69, 9.17) is 10.5 Å². The van der Waals surface area contributed by atoms with Gasteiger partial charge in [0.25, 0.3) is 0 Å². The second-order valence-electron chi connectivity index (χ2n) is 6.94. The molecule has 4 nitrogen and oxygen atoms in total. The average Bonchev–Trinajstić information content (AvgIpc) is 2.56. The smallest absolute Gasteiger partial charge is 0.305 e. The van der Waals surface area contributed by atoms with Crippen molar-refractivity contribution in [3.05, 3.63) is 11.6 Å². The van der Waals surface area contributed by atoms with Crippen molar-refractivity contribution in [3.63, 3.8) is 0 Å². The second kappa shape index (κ2) is 16.2. The van der Waals surface area contributed by atoms with Crippen LogP contribution in [0, 0.1) is 5.92 Å². The van der Waals surface area contributed by atoms with Crippen molar-refractivity contribution in [2.24, 2.45) is 11.7 Å². The maximum Gasteiger partial charge on any atom is 0.305 e. The molecule has 1 unspecified atom stereocenters. The van der Waals surface area contributed by atoms with Gasteiger partial charge < -0.3 is 10.5 Å². The number of primary amides is 1. The van der Waals surface area contributed by atoms with Gasteiger partial charge >= 0.3 is 5.97 Å². The van der Waals surface area contributed by atoms with E-state index in [0.717, 1.165) is 51.4 Å². The van der Waals surface area contributed by atoms with Crippen LogP contribution in [0.15, 0.2) is 11.6 Å². The van der Waals surface area contributed by atoms with Crippen LogP contribution in [0.4, 0.5) is 0 Å². The molecular weight excluding hydrogens is 314 g/mol. The number of carbonyl (C=O) groups excluding carboxylic acids is 2. The number of allylic oxidation sites excluding steroid dienone is 2. The molecule has 0 saturated carbocycles. The Morgan fingerprint density at radius 1 is 0.960 bits per heavy atom. The molecule has 0 heterocycles. The number of hydrogen-bond acceptors (Lipinski definition) is 3. The predicted molar refractivity (Wildman–Crippen MR) is 104 cm³/mol. The van der Waals surface area contributed by atoms with E-state index in [1.165, 1.54) is 24.8 Å². The van der Waals surface area contributed by atoms with Crippen LogP contribution in [0.5, 0.6) is 0 Å². The Morgan fingerprint density at radius 3 is 2.28 bits per heavy atom. The zero-order valence-electron chi connectivity index (χ0n) is 16.6. The van der Waals surface area contributed by atoms with Crippen molar-refractivity contribution in [1.29, 1.82) is 0 Å². The lowest BCUT2D eigenvalue weighted by Crippen LogP contribution is -2.23. The molecule has 0 aromatic carbocycles. The lowest BCUT2D eigenvalue weighted by Gasteiger charge is -2.12. The maximum absolute atomic E-state index is 11.6. The number of nitrogens with two attached hydrogens (primary N) is 1. The van der Waals surface area contributed by atoms with Gasteiger partial charge in [0.15, 0.2) is 0 Å². The van der Waals surface area contributed by atoms with E-state index in [-0.39, 0.29) is 17.8 Å². The minimum absolute atomic E-state index is 0.0234. The first-order valence-corrected chi connectivity index (χ1v) is 10.1. The fraction of sp³-hybridized carbons (Fsp3) is 0.810. The van der Waals surface area contributed by atoms with Crippen LogP contribution in [-0.4, -0.2) is 18.5 Å². The molecule has 0 bridgehead atoms. The van der Waals surface area contributed by atoms with Crippen LogP contribution in [-0.2, 0) is 14.3 Å². The monoisotopic (exact) mass is 353 g/mol. The van der Waals surface area contributed by atoms with Crippen LogP contribution in [0.3, 0.4) is 0 Å². The molecule has 25 heavy (non-hydrogen) atoms. The van der Waals surface area contributed by atoms with Gasteiger partial charge in [-0.15, -0.1) is 0 Å². The van der Waals surface area contributed by atoms with Crippen molar-refractivity contribution >= 4 is 11.9 Å². The normalized spacial score (nSPS) is 12.8. The van der Waals surface area contributed by atoms with Gasteiger partial charge in [-0.05, 0) is 52.4 Å². The quantitative estimate of drug-likeness (QED) is 0.232. The highest BCUT2D eigenvalue weighted by atomic mass is 16.5. The van der Waals surface area contributed by atoms with Crippen molar-refractivity contribution in [2.45, 2.75) is 97.8 Å². The van der Waals surface area contributed by atoms with E-state index in [9.17, 15) is 9.59 Å². The fourth-order valence-electron chi connectivity index (χ4n) is 2.96. The van der Waals surface area contributed by atoms with E-state index in [1.807, 2.05) is 6.92 Å². The first-order valence-electron chi connectivity index (χ1n) is 10.1. The molecule has 0 fully saturated rings. The summed E-state index contributed by atoms with van der Waals surface area (Å²) in [5, 5.41) is 0. The third kappa shape index (κ3) is 14.7. The van der Waals surface area contributed by atoms with E-state index < -0.39 is 0 Å². The number of hydrogen-bond donors (Lipinski definition) is 1. The fourth-order valence-corrected chi connectivity index (χ4v) is 2.96. The van der Waals surface area contributed by atoms with Crippen LogP contribution >= 0.6 is 0 Å². The number of ether oxygens (including phenoxy) is 1.